The lowest BCUT2D eigenvalue weighted by molar-refractivity contribution is 0.465. The number of rotatable bonds is 2. The third-order valence-corrected chi connectivity index (χ3v) is 4.61. The van der Waals surface area contributed by atoms with Crippen LogP contribution in [-0.4, -0.2) is 25.9 Å². The van der Waals surface area contributed by atoms with E-state index < -0.39 is 6.17 Å². The summed E-state index contributed by atoms with van der Waals surface area (Å²) < 4.78 is 15.9. The lowest BCUT2D eigenvalue weighted by Crippen LogP contribution is -2.10. The highest BCUT2D eigenvalue weighted by Crippen LogP contribution is 2.41. The Morgan fingerprint density at radius 2 is 2.00 bits per heavy atom. The number of alkyl halides is 1. The minimum atomic E-state index is -0.909. The molecule has 0 bridgehead atoms. The van der Waals surface area contributed by atoms with Gasteiger partial charge in [0.2, 0.25) is 0 Å². The first-order valence-corrected chi connectivity index (χ1v) is 8.14. The Morgan fingerprint density at radius 1 is 1.35 bits per heavy atom. The van der Waals surface area contributed by atoms with Gasteiger partial charge in [-0.05, 0) is 43.5 Å². The fraction of sp³-hybridized carbons (Fsp3) is 0.312. The number of aryl methyl sites for hydroxylation is 2. The first-order valence-electron chi connectivity index (χ1n) is 7.35. The number of hydrogen-bond acceptors (Lipinski definition) is 3. The quantitative estimate of drug-likeness (QED) is 0.745. The van der Waals surface area contributed by atoms with Crippen molar-refractivity contribution in [3.8, 4) is 5.69 Å². The van der Waals surface area contributed by atoms with Crippen LogP contribution in [0.25, 0.3) is 16.7 Å². The van der Waals surface area contributed by atoms with Gasteiger partial charge in [-0.1, -0.05) is 15.9 Å². The highest BCUT2D eigenvalue weighted by atomic mass is 79.9. The van der Waals surface area contributed by atoms with Crippen LogP contribution in [0.15, 0.2) is 27.6 Å². The summed E-state index contributed by atoms with van der Waals surface area (Å²) >= 11 is 3.47. The zero-order chi connectivity index (χ0) is 16.3. The number of nitrogens with one attached hydrogen (secondary N) is 1. The van der Waals surface area contributed by atoms with Crippen molar-refractivity contribution in [2.45, 2.75) is 32.4 Å². The molecule has 1 saturated carbocycles. The van der Waals surface area contributed by atoms with Crippen molar-refractivity contribution in [1.82, 2.24) is 19.7 Å². The maximum absolute atomic E-state index is 13.2. The number of nitrogens with zero attached hydrogens (tertiary/aromatic N) is 3. The molecule has 4 rings (SSSR count). The lowest BCUT2D eigenvalue weighted by Gasteiger charge is -2.10. The van der Waals surface area contributed by atoms with E-state index in [4.69, 9.17) is 0 Å². The first kappa shape index (κ1) is 14.6. The summed E-state index contributed by atoms with van der Waals surface area (Å²) in [4.78, 5) is 19.2. The van der Waals surface area contributed by atoms with E-state index in [9.17, 15) is 9.18 Å². The summed E-state index contributed by atoms with van der Waals surface area (Å²) in [5, 5.41) is 4.85. The number of aromatic nitrogens is 4. The molecular weight excluding hydrogens is 363 g/mol. The Balaban J connectivity index is 1.90. The predicted molar refractivity (Wildman–Crippen MR) is 88.9 cm³/mol. The third-order valence-electron chi connectivity index (χ3n) is 4.16. The molecule has 3 aromatic rings. The average Bonchev–Trinajstić information content (AvgIpc) is 3.03. The normalized spacial score (nSPS) is 20.2. The third kappa shape index (κ3) is 2.39. The standard InChI is InChI=1S/C16H14BrFN4O/c1-7-3-9(17)4-8(2)13(7)22-6-11-15(21-22)19-14(20-16(11)23)10-5-12(10)18/h3-4,6,10,12H,5H2,1-2H3,(H,19,20,21,23)/t10-,12-/m0/s1. The van der Waals surface area contributed by atoms with E-state index in [1.165, 1.54) is 0 Å². The van der Waals surface area contributed by atoms with Crippen LogP contribution in [0.4, 0.5) is 4.39 Å². The molecule has 2 aromatic heterocycles. The number of H-pyrrole nitrogens is 1. The largest absolute Gasteiger partial charge is 0.310 e. The second kappa shape index (κ2) is 4.99. The van der Waals surface area contributed by atoms with Crippen LogP contribution in [0.1, 0.15) is 29.3 Å². The minimum Gasteiger partial charge on any atom is -0.310 e. The van der Waals surface area contributed by atoms with Gasteiger partial charge < -0.3 is 4.98 Å². The topological polar surface area (TPSA) is 63.6 Å². The summed E-state index contributed by atoms with van der Waals surface area (Å²) in [6.07, 6.45) is 1.18. The highest BCUT2D eigenvalue weighted by molar-refractivity contribution is 9.10. The molecule has 0 aliphatic heterocycles. The second-order valence-electron chi connectivity index (χ2n) is 6.01. The van der Waals surface area contributed by atoms with Crippen molar-refractivity contribution < 1.29 is 4.39 Å². The maximum atomic E-state index is 13.2. The second-order valence-corrected chi connectivity index (χ2v) is 6.92. The maximum Gasteiger partial charge on any atom is 0.262 e. The van der Waals surface area contributed by atoms with Gasteiger partial charge in [0.15, 0.2) is 5.65 Å². The SMILES string of the molecule is Cc1cc(Br)cc(C)c1-n1cc2c(=O)[nH]c([C@H]3C[C@@H]3F)nc2n1. The summed E-state index contributed by atoms with van der Waals surface area (Å²) in [5.41, 5.74) is 3.06. The molecule has 1 aromatic carbocycles. The van der Waals surface area contributed by atoms with Gasteiger partial charge in [0.1, 0.15) is 17.4 Å². The van der Waals surface area contributed by atoms with Gasteiger partial charge in [0.25, 0.3) is 5.56 Å². The fourth-order valence-corrected chi connectivity index (χ4v) is 3.62. The van der Waals surface area contributed by atoms with Gasteiger partial charge >= 0.3 is 0 Å². The Labute approximate surface area is 139 Å². The summed E-state index contributed by atoms with van der Waals surface area (Å²) in [6, 6.07) is 3.99. The number of hydrogen-bond donors (Lipinski definition) is 1. The Bertz CT molecular complexity index is 970. The van der Waals surface area contributed by atoms with Gasteiger partial charge in [-0.2, -0.15) is 0 Å². The number of fused-ring (bicyclic) bond motifs is 1. The number of aromatic amines is 1. The number of halogens is 2. The Morgan fingerprint density at radius 3 is 2.61 bits per heavy atom. The summed E-state index contributed by atoms with van der Waals surface area (Å²) in [5.74, 6) is 0.0953. The van der Waals surface area contributed by atoms with Gasteiger partial charge in [0, 0.05) is 10.7 Å². The molecule has 2 atom stereocenters. The molecular formula is C16H14BrFN4O. The molecule has 1 aliphatic carbocycles. The first-order chi connectivity index (χ1) is 10.9. The number of benzene rings is 1. The van der Waals surface area contributed by atoms with Gasteiger partial charge in [-0.15, -0.1) is 5.10 Å². The van der Waals surface area contributed by atoms with Crippen molar-refractivity contribution in [2.24, 2.45) is 0 Å². The molecule has 1 aliphatic rings. The monoisotopic (exact) mass is 376 g/mol. The van der Waals surface area contributed by atoms with Crippen molar-refractivity contribution in [1.29, 1.82) is 0 Å². The van der Waals surface area contributed by atoms with Gasteiger partial charge in [0.05, 0.1) is 11.6 Å². The average molecular weight is 377 g/mol. The van der Waals surface area contributed by atoms with Crippen LogP contribution in [0.3, 0.4) is 0 Å². The minimum absolute atomic E-state index is 0.275. The van der Waals surface area contributed by atoms with E-state index in [0.29, 0.717) is 23.3 Å². The molecule has 7 heteroatoms. The van der Waals surface area contributed by atoms with E-state index in [2.05, 4.69) is 31.0 Å². The predicted octanol–water partition coefficient (Wildman–Crippen LogP) is 3.31. The molecule has 1 N–H and O–H groups in total. The summed E-state index contributed by atoms with van der Waals surface area (Å²) in [6.45, 7) is 3.97. The summed E-state index contributed by atoms with van der Waals surface area (Å²) in [7, 11) is 0. The smallest absolute Gasteiger partial charge is 0.262 e. The molecule has 0 unspecified atom stereocenters. The molecule has 118 valence electrons. The van der Waals surface area contributed by atoms with E-state index in [1.807, 2.05) is 26.0 Å². The van der Waals surface area contributed by atoms with Crippen molar-refractivity contribution >= 4 is 27.0 Å². The molecule has 0 radical (unpaired) electrons. The van der Waals surface area contributed by atoms with Crippen LogP contribution < -0.4 is 5.56 Å². The van der Waals surface area contributed by atoms with Crippen LogP contribution >= 0.6 is 15.9 Å². The Kier molecular flexibility index (Phi) is 3.16. The van der Waals surface area contributed by atoms with Crippen LogP contribution in [0.2, 0.25) is 0 Å². The molecule has 23 heavy (non-hydrogen) atoms. The van der Waals surface area contributed by atoms with E-state index in [-0.39, 0.29) is 11.5 Å². The molecule has 5 nitrogen and oxygen atoms in total. The zero-order valence-electron chi connectivity index (χ0n) is 12.6. The Hall–Kier alpha value is -2.02. The molecule has 0 saturated heterocycles. The van der Waals surface area contributed by atoms with Crippen LogP contribution in [0, 0.1) is 13.8 Å². The zero-order valence-corrected chi connectivity index (χ0v) is 14.2. The van der Waals surface area contributed by atoms with E-state index >= 15 is 0 Å². The van der Waals surface area contributed by atoms with Gasteiger partial charge in [-0.3, -0.25) is 4.79 Å². The van der Waals surface area contributed by atoms with Crippen molar-refractivity contribution in [3.05, 3.63) is 50.1 Å². The molecule has 0 spiro atoms. The molecule has 2 heterocycles. The van der Waals surface area contributed by atoms with Crippen molar-refractivity contribution in [2.75, 3.05) is 0 Å². The van der Waals surface area contributed by atoms with E-state index in [0.717, 1.165) is 21.3 Å². The van der Waals surface area contributed by atoms with Gasteiger partial charge in [-0.25, -0.2) is 14.1 Å². The lowest BCUT2D eigenvalue weighted by atomic mass is 10.1. The van der Waals surface area contributed by atoms with Crippen LogP contribution in [0.5, 0.6) is 0 Å². The molecule has 1 fully saturated rings. The van der Waals surface area contributed by atoms with Crippen molar-refractivity contribution in [3.63, 3.8) is 0 Å². The van der Waals surface area contributed by atoms with E-state index in [1.54, 1.807) is 10.9 Å². The van der Waals surface area contributed by atoms with Crippen LogP contribution in [-0.2, 0) is 0 Å². The fourth-order valence-electron chi connectivity index (χ4n) is 2.93. The highest BCUT2D eigenvalue weighted by Gasteiger charge is 2.41. The molecule has 0 amide bonds.